The van der Waals surface area contributed by atoms with Crippen molar-refractivity contribution in [3.63, 3.8) is 0 Å². The summed E-state index contributed by atoms with van der Waals surface area (Å²) in [5, 5.41) is 10.4. The van der Waals surface area contributed by atoms with Crippen LogP contribution in [0.2, 0.25) is 0 Å². The topological polar surface area (TPSA) is 85.6 Å². The number of halogens is 1. The quantitative estimate of drug-likeness (QED) is 0.371. The molecule has 2 rings (SSSR count). The Morgan fingerprint density at radius 2 is 2.08 bits per heavy atom. The van der Waals surface area contributed by atoms with Crippen molar-refractivity contribution in [1.29, 1.82) is 0 Å². The molecule has 2 aromatic rings. The summed E-state index contributed by atoms with van der Waals surface area (Å²) in [6, 6.07) is 7.54. The highest BCUT2D eigenvalue weighted by molar-refractivity contribution is 14.0. The first kappa shape index (κ1) is 21.0. The number of aryl methyl sites for hydroxylation is 1. The Morgan fingerprint density at radius 3 is 2.72 bits per heavy atom. The van der Waals surface area contributed by atoms with Crippen LogP contribution in [0, 0.1) is 0 Å². The van der Waals surface area contributed by atoms with Gasteiger partial charge in [-0.2, -0.15) is 5.10 Å². The normalized spacial score (nSPS) is 12.1. The van der Waals surface area contributed by atoms with Crippen LogP contribution in [0.4, 0.5) is 0 Å². The van der Waals surface area contributed by atoms with E-state index in [2.05, 4.69) is 25.7 Å². The second kappa shape index (κ2) is 10.7. The van der Waals surface area contributed by atoms with Crippen LogP contribution >= 0.6 is 24.0 Å². The maximum Gasteiger partial charge on any atom is 0.191 e. The van der Waals surface area contributed by atoms with E-state index in [4.69, 9.17) is 9.47 Å². The summed E-state index contributed by atoms with van der Waals surface area (Å²) < 4.78 is 12.8. The molecule has 0 amide bonds. The molecule has 138 valence electrons. The predicted octanol–water partition coefficient (Wildman–Crippen LogP) is 1.57. The Kier molecular flexibility index (Phi) is 9.03. The van der Waals surface area contributed by atoms with Crippen LogP contribution in [0.3, 0.4) is 0 Å². The van der Waals surface area contributed by atoms with Gasteiger partial charge in [-0.1, -0.05) is 6.07 Å². The number of aliphatic imine (C=N–C) groups is 1. The zero-order chi connectivity index (χ0) is 17.4. The van der Waals surface area contributed by atoms with Gasteiger partial charge in [0.25, 0.3) is 0 Å². The van der Waals surface area contributed by atoms with E-state index in [0.717, 1.165) is 17.3 Å². The number of ether oxygens (including phenoxy) is 2. The third-order valence-corrected chi connectivity index (χ3v) is 3.38. The summed E-state index contributed by atoms with van der Waals surface area (Å²) in [7, 11) is 5.21. The standard InChI is InChI=1S/C16H24N6O2.HI/c1-12(24-14-7-5-6-13(8-14)23-4)9-18-16(17-2)19-10-15-20-11-21-22(15)3;/h5-8,11-12H,9-10H2,1-4H3,(H2,17,18,19);1H. The zero-order valence-corrected chi connectivity index (χ0v) is 17.2. The molecule has 2 N–H and O–H groups in total. The average Bonchev–Trinajstić information content (AvgIpc) is 3.00. The van der Waals surface area contributed by atoms with Crippen LogP contribution in [0.15, 0.2) is 35.6 Å². The second-order valence-electron chi connectivity index (χ2n) is 5.21. The molecular weight excluding hydrogens is 435 g/mol. The highest BCUT2D eigenvalue weighted by Gasteiger charge is 2.07. The van der Waals surface area contributed by atoms with Crippen LogP contribution in [0.5, 0.6) is 11.5 Å². The number of rotatable bonds is 7. The first-order valence-electron chi connectivity index (χ1n) is 7.70. The molecular formula is C16H25IN6O2. The Balaban J connectivity index is 0.00000312. The third-order valence-electron chi connectivity index (χ3n) is 3.38. The number of methoxy groups -OCH3 is 1. The van der Waals surface area contributed by atoms with Crippen LogP contribution < -0.4 is 20.1 Å². The van der Waals surface area contributed by atoms with Crippen LogP contribution in [0.1, 0.15) is 12.7 Å². The molecule has 9 heteroatoms. The highest BCUT2D eigenvalue weighted by Crippen LogP contribution is 2.19. The van der Waals surface area contributed by atoms with E-state index in [9.17, 15) is 0 Å². The maximum atomic E-state index is 5.87. The molecule has 1 aromatic carbocycles. The van der Waals surface area contributed by atoms with Gasteiger partial charge in [0.2, 0.25) is 0 Å². The van der Waals surface area contributed by atoms with Crippen molar-refractivity contribution in [2.75, 3.05) is 20.7 Å². The molecule has 0 saturated heterocycles. The Hall–Kier alpha value is -2.04. The lowest BCUT2D eigenvalue weighted by Gasteiger charge is -2.18. The molecule has 0 fully saturated rings. The van der Waals surface area contributed by atoms with Gasteiger partial charge in [0.05, 0.1) is 20.2 Å². The number of hydrogen-bond donors (Lipinski definition) is 2. The van der Waals surface area contributed by atoms with E-state index >= 15 is 0 Å². The molecule has 0 aliphatic heterocycles. The molecule has 0 radical (unpaired) electrons. The minimum Gasteiger partial charge on any atom is -0.497 e. The summed E-state index contributed by atoms with van der Waals surface area (Å²) in [5.41, 5.74) is 0. The number of nitrogens with one attached hydrogen (secondary N) is 2. The lowest BCUT2D eigenvalue weighted by Crippen LogP contribution is -2.41. The van der Waals surface area contributed by atoms with Crippen molar-refractivity contribution in [3.8, 4) is 11.5 Å². The van der Waals surface area contributed by atoms with Crippen molar-refractivity contribution < 1.29 is 9.47 Å². The smallest absolute Gasteiger partial charge is 0.191 e. The van der Waals surface area contributed by atoms with Gasteiger partial charge in [-0.25, -0.2) is 4.98 Å². The Morgan fingerprint density at radius 1 is 1.32 bits per heavy atom. The first-order valence-corrected chi connectivity index (χ1v) is 7.70. The van der Waals surface area contributed by atoms with Gasteiger partial charge < -0.3 is 20.1 Å². The lowest BCUT2D eigenvalue weighted by atomic mass is 10.3. The van der Waals surface area contributed by atoms with E-state index in [1.807, 2.05) is 38.2 Å². The van der Waals surface area contributed by atoms with Crippen molar-refractivity contribution >= 4 is 29.9 Å². The number of aromatic nitrogens is 3. The Labute approximate surface area is 165 Å². The average molecular weight is 460 g/mol. The van der Waals surface area contributed by atoms with E-state index in [1.165, 1.54) is 6.33 Å². The predicted molar refractivity (Wildman–Crippen MR) is 108 cm³/mol. The number of guanidine groups is 1. The molecule has 0 aliphatic rings. The summed E-state index contributed by atoms with van der Waals surface area (Å²) >= 11 is 0. The van der Waals surface area contributed by atoms with E-state index in [0.29, 0.717) is 19.0 Å². The molecule has 1 atom stereocenters. The summed E-state index contributed by atoms with van der Waals surface area (Å²) in [4.78, 5) is 8.34. The summed E-state index contributed by atoms with van der Waals surface area (Å²) in [6.07, 6.45) is 1.49. The molecule has 1 aromatic heterocycles. The fourth-order valence-electron chi connectivity index (χ4n) is 2.05. The minimum absolute atomic E-state index is 0. The van der Waals surface area contributed by atoms with Crippen molar-refractivity contribution in [3.05, 3.63) is 36.4 Å². The minimum atomic E-state index is -0.0366. The molecule has 1 heterocycles. The van der Waals surface area contributed by atoms with Gasteiger partial charge >= 0.3 is 0 Å². The van der Waals surface area contributed by atoms with Crippen LogP contribution in [-0.2, 0) is 13.6 Å². The fraction of sp³-hybridized carbons (Fsp3) is 0.438. The maximum absolute atomic E-state index is 5.87. The molecule has 1 unspecified atom stereocenters. The zero-order valence-electron chi connectivity index (χ0n) is 14.9. The molecule has 0 saturated carbocycles. The number of nitrogens with zero attached hydrogens (tertiary/aromatic N) is 4. The van der Waals surface area contributed by atoms with Crippen molar-refractivity contribution in [2.24, 2.45) is 12.0 Å². The number of hydrogen-bond acceptors (Lipinski definition) is 5. The van der Waals surface area contributed by atoms with Gasteiger partial charge in [0.15, 0.2) is 5.96 Å². The highest BCUT2D eigenvalue weighted by atomic mass is 127. The summed E-state index contributed by atoms with van der Waals surface area (Å²) in [5.74, 6) is 3.05. The van der Waals surface area contributed by atoms with E-state index in [1.54, 1.807) is 18.8 Å². The molecule has 25 heavy (non-hydrogen) atoms. The summed E-state index contributed by atoms with van der Waals surface area (Å²) in [6.45, 7) is 3.14. The third kappa shape index (κ3) is 6.77. The Bertz CT molecular complexity index is 676. The van der Waals surface area contributed by atoms with E-state index in [-0.39, 0.29) is 30.1 Å². The van der Waals surface area contributed by atoms with Crippen molar-refractivity contribution in [1.82, 2.24) is 25.4 Å². The van der Waals surface area contributed by atoms with Gasteiger partial charge in [-0.15, -0.1) is 24.0 Å². The second-order valence-corrected chi connectivity index (χ2v) is 5.21. The van der Waals surface area contributed by atoms with E-state index < -0.39 is 0 Å². The largest absolute Gasteiger partial charge is 0.497 e. The van der Waals surface area contributed by atoms with Gasteiger partial charge in [-0.3, -0.25) is 9.67 Å². The van der Waals surface area contributed by atoms with Crippen LogP contribution in [-0.4, -0.2) is 47.5 Å². The van der Waals surface area contributed by atoms with Gasteiger partial charge in [0, 0.05) is 20.2 Å². The molecule has 0 spiro atoms. The van der Waals surface area contributed by atoms with Crippen LogP contribution in [0.25, 0.3) is 0 Å². The lowest BCUT2D eigenvalue weighted by molar-refractivity contribution is 0.223. The number of benzene rings is 1. The molecule has 0 bridgehead atoms. The fourth-order valence-corrected chi connectivity index (χ4v) is 2.05. The molecule has 8 nitrogen and oxygen atoms in total. The monoisotopic (exact) mass is 460 g/mol. The van der Waals surface area contributed by atoms with Gasteiger partial charge in [-0.05, 0) is 19.1 Å². The first-order chi connectivity index (χ1) is 11.6. The SMILES string of the molecule is CN=C(NCc1ncnn1C)NCC(C)Oc1cccc(OC)c1.I. The van der Waals surface area contributed by atoms with Gasteiger partial charge in [0.1, 0.15) is 29.8 Å². The van der Waals surface area contributed by atoms with Crippen molar-refractivity contribution in [2.45, 2.75) is 19.6 Å². The molecule has 0 aliphatic carbocycles.